The Bertz CT molecular complexity index is 475. The lowest BCUT2D eigenvalue weighted by Gasteiger charge is -2.22. The van der Waals surface area contributed by atoms with E-state index in [4.69, 9.17) is 11.6 Å². The number of fused-ring (bicyclic) bond motifs is 1. The summed E-state index contributed by atoms with van der Waals surface area (Å²) in [5.74, 6) is 2.61. The van der Waals surface area contributed by atoms with E-state index in [1.807, 2.05) is 6.20 Å². The fourth-order valence-corrected chi connectivity index (χ4v) is 4.42. The summed E-state index contributed by atoms with van der Waals surface area (Å²) in [5, 5.41) is 9.02. The van der Waals surface area contributed by atoms with Gasteiger partial charge in [-0.2, -0.15) is 5.10 Å². The molecule has 0 aromatic carbocycles. The maximum absolute atomic E-state index is 6.48. The van der Waals surface area contributed by atoms with Gasteiger partial charge in [-0.1, -0.05) is 24.9 Å². The Morgan fingerprint density at radius 2 is 2.14 bits per heavy atom. The molecular weight excluding hydrogens is 284 g/mol. The average Bonchev–Trinajstić information content (AvgIpc) is 2.79. The lowest BCUT2D eigenvalue weighted by Crippen LogP contribution is -2.29. The molecule has 3 atom stereocenters. The molecule has 2 aliphatic rings. The largest absolute Gasteiger partial charge is 0.309 e. The summed E-state index contributed by atoms with van der Waals surface area (Å²) in [7, 11) is 4.19. The van der Waals surface area contributed by atoms with Crippen LogP contribution in [0.3, 0.4) is 0 Å². The Morgan fingerprint density at radius 3 is 2.76 bits per heavy atom. The molecule has 1 N–H and O–H groups in total. The fraction of sp³-hybridized carbons (Fsp3) is 0.812. The zero-order valence-electron chi connectivity index (χ0n) is 13.3. The SMILES string of the molecule is CCNC(c1c(Cl)cnn1CCN(C)C)C1C2CCCC21. The number of nitrogens with one attached hydrogen (secondary N) is 1. The molecule has 4 nitrogen and oxygen atoms in total. The number of rotatable bonds is 7. The molecule has 21 heavy (non-hydrogen) atoms. The first-order valence-corrected chi connectivity index (χ1v) is 8.60. The van der Waals surface area contributed by atoms with Crippen LogP contribution in [0.2, 0.25) is 5.02 Å². The van der Waals surface area contributed by atoms with Gasteiger partial charge >= 0.3 is 0 Å². The summed E-state index contributed by atoms with van der Waals surface area (Å²) in [5.41, 5.74) is 1.21. The van der Waals surface area contributed by atoms with E-state index in [1.54, 1.807) is 0 Å². The van der Waals surface area contributed by atoms with E-state index < -0.39 is 0 Å². The number of aromatic nitrogens is 2. The molecule has 5 heteroatoms. The minimum Gasteiger partial charge on any atom is -0.309 e. The van der Waals surface area contributed by atoms with E-state index in [1.165, 1.54) is 25.0 Å². The molecule has 0 radical (unpaired) electrons. The summed E-state index contributed by atoms with van der Waals surface area (Å²) < 4.78 is 2.11. The Balaban J connectivity index is 1.80. The summed E-state index contributed by atoms with van der Waals surface area (Å²) >= 11 is 6.48. The maximum atomic E-state index is 6.48. The fourth-order valence-electron chi connectivity index (χ4n) is 4.16. The van der Waals surface area contributed by atoms with Crippen LogP contribution in [0.4, 0.5) is 0 Å². The summed E-state index contributed by atoms with van der Waals surface area (Å²) in [6.45, 7) is 5.05. The number of hydrogen-bond donors (Lipinski definition) is 1. The zero-order valence-corrected chi connectivity index (χ0v) is 14.1. The molecule has 1 aromatic heterocycles. The normalized spacial score (nSPS) is 28.9. The zero-order chi connectivity index (χ0) is 15.0. The third-order valence-electron chi connectivity index (χ3n) is 5.17. The van der Waals surface area contributed by atoms with Crippen LogP contribution in [0.25, 0.3) is 0 Å². The van der Waals surface area contributed by atoms with Crippen molar-refractivity contribution in [3.05, 3.63) is 16.9 Å². The highest BCUT2D eigenvalue weighted by molar-refractivity contribution is 6.31. The molecule has 0 amide bonds. The van der Waals surface area contributed by atoms with Crippen molar-refractivity contribution < 1.29 is 0 Å². The molecule has 2 aliphatic carbocycles. The first-order chi connectivity index (χ1) is 10.1. The maximum Gasteiger partial charge on any atom is 0.0834 e. The highest BCUT2D eigenvalue weighted by Gasteiger charge is 2.56. The Morgan fingerprint density at radius 1 is 1.43 bits per heavy atom. The third kappa shape index (κ3) is 2.99. The second-order valence-corrected chi connectivity index (χ2v) is 7.18. The number of nitrogens with zero attached hydrogens (tertiary/aromatic N) is 3. The first kappa shape index (κ1) is 15.3. The predicted octanol–water partition coefficient (Wildman–Crippen LogP) is 2.79. The quantitative estimate of drug-likeness (QED) is 0.840. The van der Waals surface area contributed by atoms with E-state index in [2.05, 4.69) is 41.0 Å². The second kappa shape index (κ2) is 6.27. The van der Waals surface area contributed by atoms with Crippen molar-refractivity contribution in [2.24, 2.45) is 17.8 Å². The Kier molecular flexibility index (Phi) is 4.57. The molecule has 2 fully saturated rings. The van der Waals surface area contributed by atoms with Crippen molar-refractivity contribution in [3.8, 4) is 0 Å². The number of halogens is 1. The lowest BCUT2D eigenvalue weighted by molar-refractivity contribution is 0.349. The van der Waals surface area contributed by atoms with Gasteiger partial charge in [-0.05, 0) is 51.2 Å². The highest BCUT2D eigenvalue weighted by Crippen LogP contribution is 2.62. The van der Waals surface area contributed by atoms with Crippen LogP contribution in [0.1, 0.15) is 37.9 Å². The topological polar surface area (TPSA) is 33.1 Å². The van der Waals surface area contributed by atoms with Crippen LogP contribution in [0.15, 0.2) is 6.20 Å². The minimum atomic E-state index is 0.377. The van der Waals surface area contributed by atoms with Gasteiger partial charge in [0.1, 0.15) is 0 Å². The Hall–Kier alpha value is -0.580. The number of likely N-dealkylation sites (N-methyl/N-ethyl adjacent to an activating group) is 1. The van der Waals surface area contributed by atoms with E-state index in [0.717, 1.165) is 42.4 Å². The number of hydrogen-bond acceptors (Lipinski definition) is 3. The van der Waals surface area contributed by atoms with Crippen LogP contribution < -0.4 is 5.32 Å². The third-order valence-corrected chi connectivity index (χ3v) is 5.46. The van der Waals surface area contributed by atoms with Gasteiger partial charge in [0.15, 0.2) is 0 Å². The van der Waals surface area contributed by atoms with Crippen molar-refractivity contribution in [3.63, 3.8) is 0 Å². The average molecular weight is 311 g/mol. The summed E-state index contributed by atoms with van der Waals surface area (Å²) in [4.78, 5) is 2.19. The molecule has 0 spiro atoms. The van der Waals surface area contributed by atoms with E-state index in [0.29, 0.717) is 6.04 Å². The van der Waals surface area contributed by atoms with Crippen LogP contribution in [-0.2, 0) is 6.54 Å². The summed E-state index contributed by atoms with van der Waals surface area (Å²) in [6, 6.07) is 0.377. The predicted molar refractivity (Wildman–Crippen MR) is 86.5 cm³/mol. The second-order valence-electron chi connectivity index (χ2n) is 6.78. The van der Waals surface area contributed by atoms with E-state index in [-0.39, 0.29) is 0 Å². The molecule has 3 unspecified atom stereocenters. The van der Waals surface area contributed by atoms with Crippen LogP contribution in [0.5, 0.6) is 0 Å². The lowest BCUT2D eigenvalue weighted by atomic mass is 10.0. The molecule has 1 aromatic rings. The minimum absolute atomic E-state index is 0.377. The van der Waals surface area contributed by atoms with Gasteiger partial charge in [0, 0.05) is 6.54 Å². The molecule has 0 bridgehead atoms. The van der Waals surface area contributed by atoms with Crippen molar-refractivity contribution >= 4 is 11.6 Å². The molecular formula is C16H27ClN4. The van der Waals surface area contributed by atoms with Crippen molar-refractivity contribution in [2.75, 3.05) is 27.2 Å². The van der Waals surface area contributed by atoms with E-state index >= 15 is 0 Å². The van der Waals surface area contributed by atoms with Gasteiger partial charge < -0.3 is 10.2 Å². The monoisotopic (exact) mass is 310 g/mol. The highest BCUT2D eigenvalue weighted by atomic mass is 35.5. The standard InChI is InChI=1S/C16H27ClN4/c1-4-18-15(14-11-6-5-7-12(11)14)16-13(17)10-19-21(16)9-8-20(2)3/h10-12,14-15,18H,4-9H2,1-3H3. The van der Waals surface area contributed by atoms with Gasteiger partial charge in [0.05, 0.1) is 29.5 Å². The molecule has 2 saturated carbocycles. The van der Waals surface area contributed by atoms with Crippen molar-refractivity contribution in [2.45, 2.75) is 38.8 Å². The van der Waals surface area contributed by atoms with Gasteiger partial charge in [0.2, 0.25) is 0 Å². The summed E-state index contributed by atoms with van der Waals surface area (Å²) in [6.07, 6.45) is 6.04. The van der Waals surface area contributed by atoms with E-state index in [9.17, 15) is 0 Å². The Labute approximate surface area is 132 Å². The first-order valence-electron chi connectivity index (χ1n) is 8.22. The molecule has 118 valence electrons. The molecule has 3 rings (SSSR count). The van der Waals surface area contributed by atoms with Gasteiger partial charge in [-0.25, -0.2) is 0 Å². The smallest absolute Gasteiger partial charge is 0.0834 e. The molecule has 1 heterocycles. The van der Waals surface area contributed by atoms with Crippen LogP contribution in [-0.4, -0.2) is 41.9 Å². The van der Waals surface area contributed by atoms with Crippen LogP contribution >= 0.6 is 11.6 Å². The van der Waals surface area contributed by atoms with Gasteiger partial charge in [-0.15, -0.1) is 0 Å². The van der Waals surface area contributed by atoms with Crippen molar-refractivity contribution in [1.82, 2.24) is 20.0 Å². The molecule has 0 aliphatic heterocycles. The molecule has 0 saturated heterocycles. The van der Waals surface area contributed by atoms with Crippen LogP contribution in [0, 0.1) is 17.8 Å². The van der Waals surface area contributed by atoms with Gasteiger partial charge in [-0.3, -0.25) is 4.68 Å². The van der Waals surface area contributed by atoms with Crippen molar-refractivity contribution in [1.29, 1.82) is 0 Å². The van der Waals surface area contributed by atoms with Gasteiger partial charge in [0.25, 0.3) is 0 Å².